The Morgan fingerprint density at radius 3 is 2.25 bits per heavy atom. The summed E-state index contributed by atoms with van der Waals surface area (Å²) in [5, 5.41) is 13.4. The summed E-state index contributed by atoms with van der Waals surface area (Å²) in [4.78, 5) is 12.0. The van der Waals surface area contributed by atoms with Crippen molar-refractivity contribution in [1.82, 2.24) is 20.0 Å². The summed E-state index contributed by atoms with van der Waals surface area (Å²) in [7, 11) is 0. The number of nitrogens with one attached hydrogen (secondary N) is 1. The highest BCUT2D eigenvalue weighted by Crippen LogP contribution is 2.21. The third kappa shape index (κ3) is 6.88. The van der Waals surface area contributed by atoms with E-state index in [1.165, 1.54) is 22.9 Å². The summed E-state index contributed by atoms with van der Waals surface area (Å²) >= 11 is 4.35. The fraction of sp³-hybridized carbons (Fsp3) is 0.348. The molecule has 0 bridgehead atoms. The summed E-state index contributed by atoms with van der Waals surface area (Å²) in [5.74, 6) is 0. The van der Waals surface area contributed by atoms with E-state index in [-0.39, 0.29) is 0 Å². The van der Waals surface area contributed by atoms with Gasteiger partial charge in [0.2, 0.25) is 0 Å². The van der Waals surface area contributed by atoms with Crippen molar-refractivity contribution in [3.63, 3.8) is 0 Å². The second kappa shape index (κ2) is 11.4. The van der Waals surface area contributed by atoms with Crippen molar-refractivity contribution in [2.24, 2.45) is 0 Å². The van der Waals surface area contributed by atoms with E-state index in [0.717, 1.165) is 37.0 Å². The standard InChI is InChI=1S/C12H13IN2O2.C7H5IN2.C4H8O/c1-12(2,3)17-11(16)15-9-7-5-4-6-8(9)10(13)14-15;8-7-5-3-1-2-4-6(5)9-10-7;1-2-4-5-3-1/h4-7H,1-3H3;1-4H,(H,9,10);1-4H2. The molecule has 2 aromatic heterocycles. The van der Waals surface area contributed by atoms with Gasteiger partial charge in [-0.1, -0.05) is 36.4 Å². The maximum Gasteiger partial charge on any atom is 0.435 e. The SMILES string of the molecule is C1CCOC1.CC(C)(C)OC(=O)n1nc(I)c2ccccc21.Ic1[nH]nc2ccccc12. The number of benzene rings is 2. The Kier molecular flexibility index (Phi) is 8.88. The number of carbonyl (C=O) groups is 1. The van der Waals surface area contributed by atoms with E-state index >= 15 is 0 Å². The molecule has 170 valence electrons. The number of hydrogen-bond donors (Lipinski definition) is 1. The van der Waals surface area contributed by atoms with E-state index in [9.17, 15) is 4.79 Å². The molecule has 0 saturated carbocycles. The van der Waals surface area contributed by atoms with Crippen LogP contribution in [0.1, 0.15) is 33.6 Å². The van der Waals surface area contributed by atoms with Gasteiger partial charge >= 0.3 is 6.09 Å². The summed E-state index contributed by atoms with van der Waals surface area (Å²) < 4.78 is 13.5. The molecule has 0 spiro atoms. The Balaban J connectivity index is 0.000000160. The maximum atomic E-state index is 12.0. The van der Waals surface area contributed by atoms with Gasteiger partial charge in [0.15, 0.2) is 0 Å². The summed E-state index contributed by atoms with van der Waals surface area (Å²) in [5.41, 5.74) is 1.29. The van der Waals surface area contributed by atoms with Crippen LogP contribution in [0.2, 0.25) is 0 Å². The summed E-state index contributed by atoms with van der Waals surface area (Å²) in [6, 6.07) is 15.6. The van der Waals surface area contributed by atoms with Gasteiger partial charge in [0.25, 0.3) is 0 Å². The van der Waals surface area contributed by atoms with Gasteiger partial charge in [-0.2, -0.15) is 14.9 Å². The fourth-order valence-corrected chi connectivity index (χ4v) is 4.16. The third-order valence-corrected chi connectivity index (χ3v) is 5.97. The molecule has 7 nitrogen and oxygen atoms in total. The molecule has 9 heteroatoms. The molecule has 1 fully saturated rings. The quantitative estimate of drug-likeness (QED) is 0.221. The van der Waals surface area contributed by atoms with Crippen molar-refractivity contribution in [3.8, 4) is 0 Å². The van der Waals surface area contributed by atoms with Crippen LogP contribution in [-0.4, -0.2) is 44.9 Å². The Bertz CT molecular complexity index is 1170. The molecule has 0 amide bonds. The van der Waals surface area contributed by atoms with Gasteiger partial charge in [-0.15, -0.1) is 0 Å². The molecule has 5 rings (SSSR count). The van der Waals surface area contributed by atoms with E-state index in [1.54, 1.807) is 0 Å². The number of hydrogen-bond acceptors (Lipinski definition) is 5. The number of aromatic nitrogens is 4. The van der Waals surface area contributed by atoms with Crippen LogP contribution in [0.4, 0.5) is 4.79 Å². The lowest BCUT2D eigenvalue weighted by Gasteiger charge is -2.19. The number of fused-ring (bicyclic) bond motifs is 2. The van der Waals surface area contributed by atoms with Crippen LogP contribution in [-0.2, 0) is 9.47 Å². The average Bonchev–Trinajstić information content (AvgIpc) is 3.51. The molecular weight excluding hydrogens is 634 g/mol. The molecule has 0 unspecified atom stereocenters. The first-order chi connectivity index (χ1) is 15.3. The van der Waals surface area contributed by atoms with Crippen LogP contribution in [0.3, 0.4) is 0 Å². The minimum absolute atomic E-state index is 0.448. The Hall–Kier alpha value is -1.73. The first-order valence-electron chi connectivity index (χ1n) is 10.3. The highest BCUT2D eigenvalue weighted by atomic mass is 127. The monoisotopic (exact) mass is 660 g/mol. The molecule has 4 aromatic rings. The lowest BCUT2D eigenvalue weighted by atomic mass is 10.2. The van der Waals surface area contributed by atoms with Gasteiger partial charge in [0, 0.05) is 24.0 Å². The second-order valence-electron chi connectivity index (χ2n) is 8.07. The first kappa shape index (κ1) is 24.9. The van der Waals surface area contributed by atoms with Crippen LogP contribution < -0.4 is 0 Å². The van der Waals surface area contributed by atoms with Gasteiger partial charge in [-0.05, 0) is 90.9 Å². The van der Waals surface area contributed by atoms with Crippen molar-refractivity contribution in [1.29, 1.82) is 0 Å². The number of halogens is 2. The third-order valence-electron chi connectivity index (χ3n) is 4.35. The molecule has 0 radical (unpaired) electrons. The zero-order valence-electron chi connectivity index (χ0n) is 18.3. The van der Waals surface area contributed by atoms with Gasteiger partial charge in [-0.25, -0.2) is 4.79 Å². The average molecular weight is 660 g/mol. The number of aromatic amines is 1. The van der Waals surface area contributed by atoms with Crippen molar-refractivity contribution in [2.45, 2.75) is 39.2 Å². The molecule has 1 aliphatic heterocycles. The second-order valence-corrected chi connectivity index (χ2v) is 10.2. The largest absolute Gasteiger partial charge is 0.442 e. The minimum Gasteiger partial charge on any atom is -0.442 e. The fourth-order valence-electron chi connectivity index (χ4n) is 2.91. The van der Waals surface area contributed by atoms with E-state index < -0.39 is 11.7 Å². The molecule has 1 N–H and O–H groups in total. The number of para-hydroxylation sites is 2. The van der Waals surface area contributed by atoms with Crippen LogP contribution in [0, 0.1) is 7.40 Å². The molecule has 2 aromatic carbocycles. The van der Waals surface area contributed by atoms with Crippen LogP contribution in [0.15, 0.2) is 48.5 Å². The van der Waals surface area contributed by atoms with Gasteiger partial charge < -0.3 is 9.47 Å². The molecule has 32 heavy (non-hydrogen) atoms. The summed E-state index contributed by atoms with van der Waals surface area (Å²) in [6.07, 6.45) is 2.11. The number of nitrogens with zero attached hydrogens (tertiary/aromatic N) is 3. The molecule has 1 aliphatic rings. The van der Waals surface area contributed by atoms with Crippen LogP contribution in [0.25, 0.3) is 21.8 Å². The Morgan fingerprint density at radius 2 is 1.66 bits per heavy atom. The molecule has 0 aliphatic carbocycles. The Morgan fingerprint density at radius 1 is 1.03 bits per heavy atom. The lowest BCUT2D eigenvalue weighted by Crippen LogP contribution is -2.27. The van der Waals surface area contributed by atoms with Crippen molar-refractivity contribution in [3.05, 3.63) is 55.9 Å². The smallest absolute Gasteiger partial charge is 0.435 e. The predicted molar refractivity (Wildman–Crippen MR) is 143 cm³/mol. The van der Waals surface area contributed by atoms with Crippen molar-refractivity contribution in [2.75, 3.05) is 13.2 Å². The first-order valence-corrected chi connectivity index (χ1v) is 12.4. The minimum atomic E-state index is -0.518. The zero-order chi connectivity index (χ0) is 23.1. The van der Waals surface area contributed by atoms with Gasteiger partial charge in [-0.3, -0.25) is 5.10 Å². The van der Waals surface area contributed by atoms with E-state index in [0.29, 0.717) is 0 Å². The maximum absolute atomic E-state index is 12.0. The number of carbonyl (C=O) groups excluding carboxylic acids is 1. The number of rotatable bonds is 0. The highest BCUT2D eigenvalue weighted by Gasteiger charge is 2.21. The topological polar surface area (TPSA) is 82.0 Å². The molecule has 1 saturated heterocycles. The van der Waals surface area contributed by atoms with E-state index in [1.807, 2.05) is 63.2 Å². The molecule has 0 atom stereocenters. The van der Waals surface area contributed by atoms with Gasteiger partial charge in [0.05, 0.1) is 11.0 Å². The normalized spacial score (nSPS) is 13.3. The van der Waals surface area contributed by atoms with Gasteiger partial charge in [0.1, 0.15) is 13.0 Å². The Labute approximate surface area is 214 Å². The predicted octanol–water partition coefficient (Wildman–Crippen LogP) is 6.39. The van der Waals surface area contributed by atoms with Crippen molar-refractivity contribution >= 4 is 73.1 Å². The highest BCUT2D eigenvalue weighted by molar-refractivity contribution is 14.1. The van der Waals surface area contributed by atoms with Crippen LogP contribution in [0.5, 0.6) is 0 Å². The van der Waals surface area contributed by atoms with E-state index in [2.05, 4.69) is 66.5 Å². The number of ether oxygens (including phenoxy) is 2. The van der Waals surface area contributed by atoms with E-state index in [4.69, 9.17) is 9.47 Å². The number of H-pyrrole nitrogens is 1. The molecular formula is C23H26I2N4O3. The summed E-state index contributed by atoms with van der Waals surface area (Å²) in [6.45, 7) is 7.50. The van der Waals surface area contributed by atoms with Crippen molar-refractivity contribution < 1.29 is 14.3 Å². The zero-order valence-corrected chi connectivity index (χ0v) is 22.6. The lowest BCUT2D eigenvalue weighted by molar-refractivity contribution is 0.0522. The molecule has 3 heterocycles. The van der Waals surface area contributed by atoms with Crippen LogP contribution >= 0.6 is 45.2 Å².